The van der Waals surface area contributed by atoms with E-state index in [0.29, 0.717) is 25.2 Å². The number of aromatic hydroxyl groups is 1. The van der Waals surface area contributed by atoms with E-state index in [0.717, 1.165) is 18.5 Å². The Labute approximate surface area is 200 Å². The Hall–Kier alpha value is -4.05. The molecule has 10 heteroatoms. The van der Waals surface area contributed by atoms with Gasteiger partial charge in [-0.3, -0.25) is 24.3 Å². The molecule has 9 nitrogen and oxygen atoms in total. The van der Waals surface area contributed by atoms with Gasteiger partial charge in [0, 0.05) is 44.8 Å². The highest BCUT2D eigenvalue weighted by atomic mass is 19.1. The second-order valence-electron chi connectivity index (χ2n) is 8.69. The summed E-state index contributed by atoms with van der Waals surface area (Å²) in [6.07, 6.45) is 5.26. The molecule has 180 valence electrons. The maximum atomic E-state index is 13.3. The number of amides is 2. The summed E-state index contributed by atoms with van der Waals surface area (Å²) in [7, 11) is 0. The van der Waals surface area contributed by atoms with Gasteiger partial charge in [0.2, 0.25) is 5.43 Å². The normalized spacial score (nSPS) is 17.6. The molecule has 2 aliphatic heterocycles. The largest absolute Gasteiger partial charge is 0.503 e. The van der Waals surface area contributed by atoms with E-state index in [4.69, 9.17) is 0 Å². The number of hydrogen-bond donors (Lipinski definition) is 2. The molecule has 1 aromatic carbocycles. The highest BCUT2D eigenvalue weighted by Gasteiger charge is 2.40. The average molecular weight is 477 g/mol. The minimum Gasteiger partial charge on any atom is -0.503 e. The van der Waals surface area contributed by atoms with E-state index in [-0.39, 0.29) is 24.0 Å². The lowest BCUT2D eigenvalue weighted by Gasteiger charge is -2.47. The number of rotatable bonds is 5. The van der Waals surface area contributed by atoms with Gasteiger partial charge in [0.15, 0.2) is 11.4 Å². The molecule has 2 aromatic heterocycles. The molecule has 35 heavy (non-hydrogen) atoms. The molecule has 1 fully saturated rings. The summed E-state index contributed by atoms with van der Waals surface area (Å²) in [5.74, 6) is -2.24. The van der Waals surface area contributed by atoms with Crippen LogP contribution in [-0.2, 0) is 19.6 Å². The molecule has 1 saturated heterocycles. The van der Waals surface area contributed by atoms with E-state index < -0.39 is 28.8 Å². The van der Waals surface area contributed by atoms with Gasteiger partial charge in [-0.05, 0) is 41.8 Å². The number of hydrogen-bond acceptors (Lipinski definition) is 6. The number of fused-ring (bicyclic) bond motifs is 2. The Morgan fingerprint density at radius 2 is 1.83 bits per heavy atom. The third-order valence-corrected chi connectivity index (χ3v) is 6.45. The highest BCUT2D eigenvalue weighted by molar-refractivity contribution is 5.99. The Morgan fingerprint density at radius 1 is 1.09 bits per heavy atom. The second kappa shape index (κ2) is 9.30. The van der Waals surface area contributed by atoms with Crippen LogP contribution in [0, 0.1) is 5.82 Å². The molecule has 0 aliphatic carbocycles. The van der Waals surface area contributed by atoms with E-state index in [1.807, 2.05) is 12.1 Å². The number of pyridine rings is 2. The van der Waals surface area contributed by atoms with Crippen molar-refractivity contribution >= 4 is 11.8 Å². The van der Waals surface area contributed by atoms with Crippen LogP contribution in [0.1, 0.15) is 38.4 Å². The maximum Gasteiger partial charge on any atom is 0.275 e. The summed E-state index contributed by atoms with van der Waals surface area (Å²) in [5, 5.41) is 13.2. The molecule has 0 saturated carbocycles. The molecule has 1 atom stereocenters. The first kappa shape index (κ1) is 22.7. The second-order valence-corrected chi connectivity index (χ2v) is 8.69. The van der Waals surface area contributed by atoms with Gasteiger partial charge < -0.3 is 19.9 Å². The van der Waals surface area contributed by atoms with E-state index in [9.17, 15) is 23.9 Å². The standard InChI is InChI=1S/C25H24FN5O4/c26-18-4-2-16(3-5-18)12-28-24(34)19-14-30-15-20-29(13-17-6-8-27-9-7-17)10-1-11-31(20)25(35)21(30)23(33)22(19)32/h2-9,14,20,33H,1,10-13,15H2,(H,28,34). The van der Waals surface area contributed by atoms with E-state index in [2.05, 4.69) is 15.2 Å². The van der Waals surface area contributed by atoms with Crippen LogP contribution in [0.15, 0.2) is 59.8 Å². The molecule has 0 spiro atoms. The van der Waals surface area contributed by atoms with Crippen LogP contribution in [-0.4, -0.2) is 55.5 Å². The Kier molecular flexibility index (Phi) is 6.04. The van der Waals surface area contributed by atoms with Crippen LogP contribution in [0.2, 0.25) is 0 Å². The van der Waals surface area contributed by atoms with Crippen molar-refractivity contribution in [3.63, 3.8) is 0 Å². The van der Waals surface area contributed by atoms with Crippen molar-refractivity contribution in [2.45, 2.75) is 32.2 Å². The minimum absolute atomic E-state index is 0.0795. The molecule has 2 amide bonds. The smallest absolute Gasteiger partial charge is 0.275 e. The van der Waals surface area contributed by atoms with Crippen molar-refractivity contribution in [2.75, 3.05) is 13.1 Å². The van der Waals surface area contributed by atoms with Gasteiger partial charge in [-0.15, -0.1) is 0 Å². The van der Waals surface area contributed by atoms with Gasteiger partial charge in [-0.2, -0.15) is 0 Å². The van der Waals surface area contributed by atoms with Crippen molar-refractivity contribution < 1.29 is 19.1 Å². The van der Waals surface area contributed by atoms with Gasteiger partial charge in [-0.25, -0.2) is 4.39 Å². The predicted molar refractivity (Wildman–Crippen MR) is 124 cm³/mol. The van der Waals surface area contributed by atoms with Crippen LogP contribution in [0.3, 0.4) is 0 Å². The van der Waals surface area contributed by atoms with Gasteiger partial charge in [-0.1, -0.05) is 12.1 Å². The van der Waals surface area contributed by atoms with Crippen molar-refractivity contribution in [1.29, 1.82) is 0 Å². The molecule has 2 N–H and O–H groups in total. The fraction of sp³-hybridized carbons (Fsp3) is 0.280. The lowest BCUT2D eigenvalue weighted by molar-refractivity contribution is -0.0140. The van der Waals surface area contributed by atoms with Gasteiger partial charge in [0.05, 0.1) is 6.54 Å². The highest BCUT2D eigenvalue weighted by Crippen LogP contribution is 2.28. The van der Waals surface area contributed by atoms with Crippen LogP contribution < -0.4 is 10.7 Å². The monoisotopic (exact) mass is 477 g/mol. The molecular weight excluding hydrogens is 453 g/mol. The maximum absolute atomic E-state index is 13.3. The van der Waals surface area contributed by atoms with Gasteiger partial charge >= 0.3 is 0 Å². The molecule has 5 rings (SSSR count). The Balaban J connectivity index is 1.41. The first-order chi connectivity index (χ1) is 16.9. The summed E-state index contributed by atoms with van der Waals surface area (Å²) in [6, 6.07) is 9.45. The summed E-state index contributed by atoms with van der Waals surface area (Å²) < 4.78 is 14.6. The van der Waals surface area contributed by atoms with Crippen molar-refractivity contribution in [2.24, 2.45) is 0 Å². The van der Waals surface area contributed by atoms with Crippen LogP contribution in [0.25, 0.3) is 0 Å². The lowest BCUT2D eigenvalue weighted by Crippen LogP contribution is -2.60. The molecular formula is C25H24FN5O4. The zero-order chi connectivity index (χ0) is 24.5. The first-order valence-electron chi connectivity index (χ1n) is 11.4. The molecule has 3 aromatic rings. The minimum atomic E-state index is -0.898. The summed E-state index contributed by atoms with van der Waals surface area (Å²) in [5.41, 5.74) is 0.453. The number of benzene rings is 1. The summed E-state index contributed by atoms with van der Waals surface area (Å²) in [4.78, 5) is 46.7. The predicted octanol–water partition coefficient (Wildman–Crippen LogP) is 1.71. The number of aromatic nitrogens is 2. The lowest BCUT2D eigenvalue weighted by atomic mass is 10.1. The van der Waals surface area contributed by atoms with Crippen molar-refractivity contribution in [1.82, 2.24) is 24.7 Å². The van der Waals surface area contributed by atoms with Crippen LogP contribution in [0.4, 0.5) is 4.39 Å². The summed E-state index contributed by atoms with van der Waals surface area (Å²) >= 11 is 0. The fourth-order valence-electron chi connectivity index (χ4n) is 4.67. The number of carbonyl (C=O) groups is 2. The third kappa shape index (κ3) is 4.40. The van der Waals surface area contributed by atoms with Gasteiger partial charge in [0.1, 0.15) is 17.5 Å². The zero-order valence-electron chi connectivity index (χ0n) is 18.9. The third-order valence-electron chi connectivity index (χ3n) is 6.45. The quantitative estimate of drug-likeness (QED) is 0.579. The molecule has 4 heterocycles. The number of nitrogens with one attached hydrogen (secondary N) is 1. The number of nitrogens with zero attached hydrogens (tertiary/aromatic N) is 4. The first-order valence-corrected chi connectivity index (χ1v) is 11.4. The Bertz CT molecular complexity index is 1330. The van der Waals surface area contributed by atoms with Crippen molar-refractivity contribution in [3.8, 4) is 5.75 Å². The molecule has 1 unspecified atom stereocenters. The Morgan fingerprint density at radius 3 is 2.57 bits per heavy atom. The average Bonchev–Trinajstić information content (AvgIpc) is 2.87. The van der Waals surface area contributed by atoms with Crippen molar-refractivity contribution in [3.05, 3.63) is 93.4 Å². The van der Waals surface area contributed by atoms with E-state index in [1.165, 1.54) is 35.0 Å². The topological polar surface area (TPSA) is 108 Å². The van der Waals surface area contributed by atoms with Crippen LogP contribution in [0.5, 0.6) is 5.75 Å². The molecule has 0 radical (unpaired) electrons. The van der Waals surface area contributed by atoms with Gasteiger partial charge in [0.25, 0.3) is 11.8 Å². The number of halogens is 1. The van der Waals surface area contributed by atoms with E-state index >= 15 is 0 Å². The van der Waals surface area contributed by atoms with Crippen LogP contribution >= 0.6 is 0 Å². The molecule has 0 bridgehead atoms. The summed E-state index contributed by atoms with van der Waals surface area (Å²) in [6.45, 7) is 2.30. The number of carbonyl (C=O) groups excluding carboxylic acids is 2. The zero-order valence-corrected chi connectivity index (χ0v) is 18.9. The molecule has 2 aliphatic rings. The van der Waals surface area contributed by atoms with E-state index in [1.54, 1.807) is 17.3 Å². The SMILES string of the molecule is O=C(NCc1ccc(F)cc1)c1cn2c(c(O)c1=O)C(=O)N1CCCN(Cc3ccncc3)C1C2. The fourth-order valence-corrected chi connectivity index (χ4v) is 4.67.